The quantitative estimate of drug-likeness (QED) is 0.762. The molecule has 0 spiro atoms. The van der Waals surface area contributed by atoms with Gasteiger partial charge in [-0.1, -0.05) is 19.1 Å². The number of hydrogen-bond donors (Lipinski definition) is 2. The first-order valence-electron chi connectivity index (χ1n) is 4.85. The summed E-state index contributed by atoms with van der Waals surface area (Å²) in [6, 6.07) is 6.32. The second-order valence-electron chi connectivity index (χ2n) is 3.34. The first-order chi connectivity index (χ1) is 7.46. The monoisotopic (exact) mass is 242 g/mol. The van der Waals surface area contributed by atoms with Gasteiger partial charge in [0.05, 0.1) is 11.3 Å². The van der Waals surface area contributed by atoms with Gasteiger partial charge in [0.15, 0.2) is 0 Å². The van der Waals surface area contributed by atoms with Gasteiger partial charge in [0, 0.05) is 5.69 Å². The Kier molecular flexibility index (Phi) is 3.89. The highest BCUT2D eigenvalue weighted by atomic mass is 32.2. The summed E-state index contributed by atoms with van der Waals surface area (Å²) in [5.74, 6) is -0.766. The van der Waals surface area contributed by atoms with Crippen LogP contribution in [0.3, 0.4) is 0 Å². The van der Waals surface area contributed by atoms with Gasteiger partial charge in [0.25, 0.3) is 5.91 Å². The molecular weight excluding hydrogens is 228 g/mol. The number of rotatable bonds is 4. The standard InChI is InChI=1S/C10H14N2O3S/c1-2-7-16(14,15)12-10(13)8-5-3-4-6-9(8)11/h3-6H,2,7,11H2,1H3,(H,12,13). The molecule has 0 aliphatic carbocycles. The van der Waals surface area contributed by atoms with Crippen molar-refractivity contribution in [2.45, 2.75) is 13.3 Å². The van der Waals surface area contributed by atoms with Crippen LogP contribution in [-0.4, -0.2) is 20.1 Å². The predicted molar refractivity (Wildman–Crippen MR) is 62.4 cm³/mol. The fourth-order valence-electron chi connectivity index (χ4n) is 1.22. The number of nitrogens with one attached hydrogen (secondary N) is 1. The summed E-state index contributed by atoms with van der Waals surface area (Å²) in [7, 11) is -3.55. The average Bonchev–Trinajstić information content (AvgIpc) is 2.17. The number of benzene rings is 1. The maximum Gasteiger partial charge on any atom is 0.266 e. The van der Waals surface area contributed by atoms with Gasteiger partial charge >= 0.3 is 0 Å². The van der Waals surface area contributed by atoms with Crippen molar-refractivity contribution in [1.29, 1.82) is 0 Å². The maximum atomic E-state index is 11.6. The summed E-state index contributed by atoms with van der Waals surface area (Å²) >= 11 is 0. The molecule has 1 aromatic rings. The smallest absolute Gasteiger partial charge is 0.266 e. The van der Waals surface area contributed by atoms with Crippen LogP contribution in [0.1, 0.15) is 23.7 Å². The van der Waals surface area contributed by atoms with E-state index in [1.54, 1.807) is 25.1 Å². The van der Waals surface area contributed by atoms with Crippen LogP contribution >= 0.6 is 0 Å². The van der Waals surface area contributed by atoms with Gasteiger partial charge < -0.3 is 5.73 Å². The van der Waals surface area contributed by atoms with E-state index in [1.807, 2.05) is 4.72 Å². The zero-order chi connectivity index (χ0) is 12.2. The Morgan fingerprint density at radius 2 is 2.00 bits per heavy atom. The highest BCUT2D eigenvalue weighted by molar-refractivity contribution is 7.90. The minimum absolute atomic E-state index is 0.0779. The third-order valence-electron chi connectivity index (χ3n) is 1.93. The number of carbonyl (C=O) groups is 1. The van der Waals surface area contributed by atoms with Crippen LogP contribution in [0.5, 0.6) is 0 Å². The van der Waals surface area contributed by atoms with Gasteiger partial charge in [-0.3, -0.25) is 4.79 Å². The average molecular weight is 242 g/mol. The fraction of sp³-hybridized carbons (Fsp3) is 0.300. The van der Waals surface area contributed by atoms with Crippen molar-refractivity contribution in [2.24, 2.45) is 0 Å². The van der Waals surface area contributed by atoms with E-state index in [0.29, 0.717) is 6.42 Å². The SMILES string of the molecule is CCCS(=O)(=O)NC(=O)c1ccccc1N. The summed E-state index contributed by atoms with van der Waals surface area (Å²) < 4.78 is 24.7. The van der Waals surface area contributed by atoms with Gasteiger partial charge in [-0.05, 0) is 18.6 Å². The largest absolute Gasteiger partial charge is 0.398 e. The number of para-hydroxylation sites is 1. The molecule has 0 bridgehead atoms. The van der Waals surface area contributed by atoms with Crippen LogP contribution in [0.15, 0.2) is 24.3 Å². The minimum Gasteiger partial charge on any atom is -0.398 e. The van der Waals surface area contributed by atoms with Crippen LogP contribution < -0.4 is 10.5 Å². The van der Waals surface area contributed by atoms with Crippen molar-refractivity contribution < 1.29 is 13.2 Å². The molecule has 0 radical (unpaired) electrons. The zero-order valence-corrected chi connectivity index (χ0v) is 9.75. The second kappa shape index (κ2) is 4.98. The van der Waals surface area contributed by atoms with E-state index in [1.165, 1.54) is 6.07 Å². The first-order valence-corrected chi connectivity index (χ1v) is 6.51. The van der Waals surface area contributed by atoms with Crippen molar-refractivity contribution in [3.63, 3.8) is 0 Å². The molecule has 0 aliphatic heterocycles. The lowest BCUT2D eigenvalue weighted by molar-refractivity contribution is 0.0982. The van der Waals surface area contributed by atoms with Crippen LogP contribution in [-0.2, 0) is 10.0 Å². The van der Waals surface area contributed by atoms with E-state index in [0.717, 1.165) is 0 Å². The lowest BCUT2D eigenvalue weighted by Gasteiger charge is -2.07. The van der Waals surface area contributed by atoms with Crippen LogP contribution in [0.2, 0.25) is 0 Å². The number of nitrogens with two attached hydrogens (primary N) is 1. The summed E-state index contributed by atoms with van der Waals surface area (Å²) in [6.07, 6.45) is 0.451. The minimum atomic E-state index is -3.55. The normalized spacial score (nSPS) is 11.1. The van der Waals surface area contributed by atoms with Crippen molar-refractivity contribution in [3.05, 3.63) is 29.8 Å². The van der Waals surface area contributed by atoms with E-state index in [2.05, 4.69) is 0 Å². The molecule has 16 heavy (non-hydrogen) atoms. The van der Waals surface area contributed by atoms with Gasteiger partial charge in [0.2, 0.25) is 10.0 Å². The molecule has 6 heteroatoms. The summed E-state index contributed by atoms with van der Waals surface area (Å²) in [4.78, 5) is 11.6. The predicted octanol–water partition coefficient (Wildman–Crippen LogP) is 0.738. The molecule has 88 valence electrons. The Morgan fingerprint density at radius 3 is 2.56 bits per heavy atom. The van der Waals surface area contributed by atoms with Crippen LogP contribution in [0, 0.1) is 0 Å². The molecule has 0 aliphatic rings. The van der Waals surface area contributed by atoms with Crippen LogP contribution in [0.4, 0.5) is 5.69 Å². The lowest BCUT2D eigenvalue weighted by atomic mass is 10.2. The third-order valence-corrected chi connectivity index (χ3v) is 3.37. The molecule has 0 heterocycles. The molecule has 1 aromatic carbocycles. The molecule has 1 rings (SSSR count). The Labute approximate surface area is 94.7 Å². The molecule has 0 saturated heterocycles. The number of carbonyl (C=O) groups excluding carboxylic acids is 1. The van der Waals surface area contributed by atoms with E-state index in [9.17, 15) is 13.2 Å². The van der Waals surface area contributed by atoms with Gasteiger partial charge in [0.1, 0.15) is 0 Å². The Morgan fingerprint density at radius 1 is 1.38 bits per heavy atom. The molecule has 0 atom stereocenters. The van der Waals surface area contributed by atoms with E-state index in [-0.39, 0.29) is 17.0 Å². The molecule has 1 amide bonds. The Hall–Kier alpha value is -1.56. The van der Waals surface area contributed by atoms with Gasteiger partial charge in [-0.15, -0.1) is 0 Å². The number of amides is 1. The lowest BCUT2D eigenvalue weighted by Crippen LogP contribution is -2.32. The maximum absolute atomic E-state index is 11.6. The molecule has 0 unspecified atom stereocenters. The summed E-state index contributed by atoms with van der Waals surface area (Å²) in [5, 5.41) is 0. The summed E-state index contributed by atoms with van der Waals surface area (Å²) in [6.45, 7) is 1.72. The Bertz CT molecular complexity index is 483. The van der Waals surface area contributed by atoms with Crippen LogP contribution in [0.25, 0.3) is 0 Å². The summed E-state index contributed by atoms with van der Waals surface area (Å²) in [5.41, 5.74) is 5.98. The first kappa shape index (κ1) is 12.5. The third kappa shape index (κ3) is 3.23. The molecule has 0 saturated carbocycles. The van der Waals surface area contributed by atoms with E-state index in [4.69, 9.17) is 5.73 Å². The van der Waals surface area contributed by atoms with Gasteiger partial charge in [-0.2, -0.15) is 0 Å². The molecule has 3 N–H and O–H groups in total. The van der Waals surface area contributed by atoms with Crippen molar-refractivity contribution >= 4 is 21.6 Å². The highest BCUT2D eigenvalue weighted by Gasteiger charge is 2.16. The topological polar surface area (TPSA) is 89.3 Å². The second-order valence-corrected chi connectivity index (χ2v) is 5.18. The number of hydrogen-bond acceptors (Lipinski definition) is 4. The number of sulfonamides is 1. The highest BCUT2D eigenvalue weighted by Crippen LogP contribution is 2.10. The van der Waals surface area contributed by atoms with Crippen molar-refractivity contribution in [2.75, 3.05) is 11.5 Å². The zero-order valence-electron chi connectivity index (χ0n) is 8.93. The number of nitrogen functional groups attached to an aromatic ring is 1. The molecule has 5 nitrogen and oxygen atoms in total. The van der Waals surface area contributed by atoms with Gasteiger partial charge in [-0.25, -0.2) is 13.1 Å². The van der Waals surface area contributed by atoms with E-state index >= 15 is 0 Å². The molecule has 0 aromatic heterocycles. The van der Waals surface area contributed by atoms with Crippen molar-refractivity contribution in [3.8, 4) is 0 Å². The molecule has 0 fully saturated rings. The fourth-order valence-corrected chi connectivity index (χ4v) is 2.25. The number of anilines is 1. The van der Waals surface area contributed by atoms with Crippen molar-refractivity contribution in [1.82, 2.24) is 4.72 Å². The Balaban J connectivity index is 2.85. The van der Waals surface area contributed by atoms with E-state index < -0.39 is 15.9 Å². The molecular formula is C10H14N2O3S.